The molecule has 2 nitrogen and oxygen atoms in total. The molecular weight excluding hydrogens is 232 g/mol. The van der Waals surface area contributed by atoms with Crippen LogP contribution in [-0.4, -0.2) is 11.8 Å². The number of para-hydroxylation sites is 1. The van der Waals surface area contributed by atoms with Gasteiger partial charge < -0.3 is 5.73 Å². The van der Waals surface area contributed by atoms with Crippen LogP contribution >= 0.6 is 0 Å². The molecule has 2 heteroatoms. The van der Waals surface area contributed by atoms with Crippen molar-refractivity contribution in [3.8, 4) is 0 Å². The standard InChI is InChI=1S/C17H24N2/c1-12-8-4-6-10-15(12)17(18)14(3)19-16-11-7-5-9-13(16)2/h5,7-9,11,15,17H,4,6,10,18H2,1-3H3. The maximum atomic E-state index is 6.41. The number of rotatable bonds is 3. The lowest BCUT2D eigenvalue weighted by molar-refractivity contribution is 0.481. The first kappa shape index (κ1) is 14.0. The van der Waals surface area contributed by atoms with Gasteiger partial charge in [-0.25, -0.2) is 0 Å². The zero-order valence-corrected chi connectivity index (χ0v) is 12.2. The summed E-state index contributed by atoms with van der Waals surface area (Å²) in [4.78, 5) is 4.73. The van der Waals surface area contributed by atoms with Crippen molar-refractivity contribution in [1.82, 2.24) is 0 Å². The van der Waals surface area contributed by atoms with Crippen molar-refractivity contribution in [2.75, 3.05) is 0 Å². The first-order valence-electron chi connectivity index (χ1n) is 7.12. The molecule has 2 unspecified atom stereocenters. The van der Waals surface area contributed by atoms with Crippen molar-refractivity contribution in [3.63, 3.8) is 0 Å². The van der Waals surface area contributed by atoms with E-state index < -0.39 is 0 Å². The fraction of sp³-hybridized carbons (Fsp3) is 0.471. The summed E-state index contributed by atoms with van der Waals surface area (Å²) in [5.41, 5.74) is 11.1. The highest BCUT2D eigenvalue weighted by Gasteiger charge is 2.23. The number of benzene rings is 1. The molecule has 0 aromatic heterocycles. The molecule has 102 valence electrons. The van der Waals surface area contributed by atoms with Gasteiger partial charge in [-0.2, -0.15) is 0 Å². The number of aliphatic imine (C=N–C) groups is 1. The zero-order valence-electron chi connectivity index (χ0n) is 12.2. The van der Waals surface area contributed by atoms with Crippen LogP contribution in [0.5, 0.6) is 0 Å². The summed E-state index contributed by atoms with van der Waals surface area (Å²) < 4.78 is 0. The first-order valence-corrected chi connectivity index (χ1v) is 7.12. The van der Waals surface area contributed by atoms with Crippen LogP contribution in [0.1, 0.15) is 38.7 Å². The van der Waals surface area contributed by atoms with Crippen LogP contribution in [0.4, 0.5) is 5.69 Å². The average molecular weight is 256 g/mol. The Kier molecular flexibility index (Phi) is 4.54. The van der Waals surface area contributed by atoms with Gasteiger partial charge in [0.05, 0.1) is 5.69 Å². The minimum absolute atomic E-state index is 0.0381. The van der Waals surface area contributed by atoms with Crippen molar-refractivity contribution >= 4 is 11.4 Å². The Balaban J connectivity index is 2.19. The third kappa shape index (κ3) is 3.32. The van der Waals surface area contributed by atoms with Gasteiger partial charge in [0.2, 0.25) is 0 Å². The van der Waals surface area contributed by atoms with Gasteiger partial charge in [0.15, 0.2) is 0 Å². The summed E-state index contributed by atoms with van der Waals surface area (Å²) >= 11 is 0. The van der Waals surface area contributed by atoms with Crippen molar-refractivity contribution < 1.29 is 0 Å². The molecule has 1 aliphatic rings. The minimum Gasteiger partial charge on any atom is -0.322 e. The van der Waals surface area contributed by atoms with Crippen molar-refractivity contribution in [2.45, 2.75) is 46.1 Å². The van der Waals surface area contributed by atoms with E-state index >= 15 is 0 Å². The number of nitrogens with two attached hydrogens (primary N) is 1. The third-order valence-corrected chi connectivity index (χ3v) is 4.10. The van der Waals surface area contributed by atoms with E-state index in [9.17, 15) is 0 Å². The SMILES string of the molecule is CC1=CCCCC1C(N)C(C)=Nc1ccccc1C. The second-order valence-electron chi connectivity index (χ2n) is 5.55. The van der Waals surface area contributed by atoms with Gasteiger partial charge in [-0.1, -0.05) is 29.8 Å². The van der Waals surface area contributed by atoms with E-state index in [1.165, 1.54) is 30.4 Å². The van der Waals surface area contributed by atoms with Crippen LogP contribution in [0.25, 0.3) is 0 Å². The Morgan fingerprint density at radius 1 is 1.32 bits per heavy atom. The molecule has 2 rings (SSSR count). The zero-order chi connectivity index (χ0) is 13.8. The summed E-state index contributed by atoms with van der Waals surface area (Å²) in [6.07, 6.45) is 5.95. The topological polar surface area (TPSA) is 38.4 Å². The molecule has 1 aromatic carbocycles. The van der Waals surface area contributed by atoms with Gasteiger partial charge >= 0.3 is 0 Å². The van der Waals surface area contributed by atoms with Crippen LogP contribution in [0.2, 0.25) is 0 Å². The summed E-state index contributed by atoms with van der Waals surface area (Å²) in [5, 5.41) is 0. The highest BCUT2D eigenvalue weighted by molar-refractivity contribution is 5.90. The average Bonchev–Trinajstić information content (AvgIpc) is 2.41. The van der Waals surface area contributed by atoms with Crippen molar-refractivity contribution in [3.05, 3.63) is 41.5 Å². The Morgan fingerprint density at radius 2 is 2.05 bits per heavy atom. The normalized spacial score (nSPS) is 22.0. The number of aryl methyl sites for hydroxylation is 1. The maximum Gasteiger partial charge on any atom is 0.0658 e. The van der Waals surface area contributed by atoms with Gasteiger partial charge in [0.1, 0.15) is 0 Å². The molecule has 0 fully saturated rings. The number of allylic oxidation sites excluding steroid dienone is 1. The fourth-order valence-electron chi connectivity index (χ4n) is 2.75. The molecule has 2 atom stereocenters. The molecule has 1 aliphatic carbocycles. The number of hydrogen-bond donors (Lipinski definition) is 1. The van der Waals surface area contributed by atoms with Gasteiger partial charge in [0.25, 0.3) is 0 Å². The second kappa shape index (κ2) is 6.16. The molecule has 0 bridgehead atoms. The summed E-state index contributed by atoms with van der Waals surface area (Å²) in [7, 11) is 0. The Bertz CT molecular complexity index is 500. The van der Waals surface area contributed by atoms with E-state index in [2.05, 4.69) is 39.0 Å². The van der Waals surface area contributed by atoms with Crippen LogP contribution in [0.3, 0.4) is 0 Å². The van der Waals surface area contributed by atoms with E-state index in [0.29, 0.717) is 5.92 Å². The minimum atomic E-state index is 0.0381. The number of hydrogen-bond acceptors (Lipinski definition) is 2. The molecule has 0 saturated carbocycles. The predicted molar refractivity (Wildman–Crippen MR) is 83.0 cm³/mol. The van der Waals surface area contributed by atoms with E-state index in [1.807, 2.05) is 12.1 Å². The van der Waals surface area contributed by atoms with Gasteiger partial charge in [-0.05, 0) is 57.6 Å². The van der Waals surface area contributed by atoms with Crippen LogP contribution in [0, 0.1) is 12.8 Å². The Hall–Kier alpha value is -1.41. The largest absolute Gasteiger partial charge is 0.322 e. The smallest absolute Gasteiger partial charge is 0.0658 e. The summed E-state index contributed by atoms with van der Waals surface area (Å²) in [5.74, 6) is 0.460. The highest BCUT2D eigenvalue weighted by atomic mass is 14.8. The summed E-state index contributed by atoms with van der Waals surface area (Å²) in [6, 6.07) is 8.24. The molecule has 2 N–H and O–H groups in total. The molecule has 0 spiro atoms. The molecule has 19 heavy (non-hydrogen) atoms. The fourth-order valence-corrected chi connectivity index (χ4v) is 2.75. The number of nitrogens with zero attached hydrogens (tertiary/aromatic N) is 1. The molecule has 0 aliphatic heterocycles. The molecular formula is C17H24N2. The molecule has 0 amide bonds. The van der Waals surface area contributed by atoms with Gasteiger partial charge in [-0.15, -0.1) is 0 Å². The highest BCUT2D eigenvalue weighted by Crippen LogP contribution is 2.28. The first-order chi connectivity index (χ1) is 9.09. The van der Waals surface area contributed by atoms with E-state index in [4.69, 9.17) is 10.7 Å². The molecule has 0 saturated heterocycles. The lowest BCUT2D eigenvalue weighted by atomic mass is 9.82. The summed E-state index contributed by atoms with van der Waals surface area (Å²) in [6.45, 7) is 6.34. The van der Waals surface area contributed by atoms with Gasteiger partial charge in [0, 0.05) is 11.8 Å². The lowest BCUT2D eigenvalue weighted by Gasteiger charge is -2.27. The lowest BCUT2D eigenvalue weighted by Crippen LogP contribution is -2.38. The van der Waals surface area contributed by atoms with E-state index in [1.54, 1.807) is 0 Å². The van der Waals surface area contributed by atoms with E-state index in [0.717, 1.165) is 11.4 Å². The van der Waals surface area contributed by atoms with Crippen LogP contribution in [-0.2, 0) is 0 Å². The monoisotopic (exact) mass is 256 g/mol. The van der Waals surface area contributed by atoms with E-state index in [-0.39, 0.29) is 6.04 Å². The third-order valence-electron chi connectivity index (χ3n) is 4.10. The van der Waals surface area contributed by atoms with Gasteiger partial charge in [-0.3, -0.25) is 4.99 Å². The Labute approximate surface area is 116 Å². The van der Waals surface area contributed by atoms with Crippen LogP contribution in [0.15, 0.2) is 40.9 Å². The quantitative estimate of drug-likeness (QED) is 0.640. The Morgan fingerprint density at radius 3 is 2.74 bits per heavy atom. The predicted octanol–water partition coefficient (Wildman–Crippen LogP) is 4.16. The molecule has 0 heterocycles. The van der Waals surface area contributed by atoms with Crippen LogP contribution < -0.4 is 5.73 Å². The maximum absolute atomic E-state index is 6.41. The second-order valence-corrected chi connectivity index (χ2v) is 5.55. The van der Waals surface area contributed by atoms with Crippen molar-refractivity contribution in [1.29, 1.82) is 0 Å². The molecule has 0 radical (unpaired) electrons. The van der Waals surface area contributed by atoms with Crippen molar-refractivity contribution in [2.24, 2.45) is 16.6 Å². The molecule has 1 aromatic rings.